The summed E-state index contributed by atoms with van der Waals surface area (Å²) in [4.78, 5) is 23.8. The molecule has 1 heterocycles. The largest absolute Gasteiger partial charge is 0.467 e. The van der Waals surface area contributed by atoms with Gasteiger partial charge in [-0.05, 0) is 43.3 Å². The molecule has 1 atom stereocenters. The molecule has 1 aromatic heterocycles. The molecule has 0 saturated heterocycles. The fourth-order valence-electron chi connectivity index (χ4n) is 2.13. The van der Waals surface area contributed by atoms with E-state index >= 15 is 0 Å². The van der Waals surface area contributed by atoms with Crippen LogP contribution in [0.2, 0.25) is 0 Å². The minimum absolute atomic E-state index is 0.00548. The lowest BCUT2D eigenvalue weighted by atomic mass is 10.2. The van der Waals surface area contributed by atoms with E-state index in [0.717, 1.165) is 0 Å². The average Bonchev–Trinajstić information content (AvgIpc) is 3.19. The van der Waals surface area contributed by atoms with Crippen molar-refractivity contribution in [2.24, 2.45) is 0 Å². The van der Waals surface area contributed by atoms with Gasteiger partial charge in [0.05, 0.1) is 22.8 Å². The molecule has 0 aliphatic rings. The van der Waals surface area contributed by atoms with Gasteiger partial charge in [0.1, 0.15) is 5.76 Å². The second kappa shape index (κ2) is 9.15. The van der Waals surface area contributed by atoms with Crippen molar-refractivity contribution in [1.29, 1.82) is 0 Å². The number of nitrogens with one attached hydrogen (secondary N) is 2. The van der Waals surface area contributed by atoms with Gasteiger partial charge < -0.3 is 14.5 Å². The van der Waals surface area contributed by atoms with Crippen LogP contribution in [0.3, 0.4) is 0 Å². The Bertz CT molecular complexity index is 888. The van der Waals surface area contributed by atoms with E-state index in [0.29, 0.717) is 5.76 Å². The first-order chi connectivity index (χ1) is 12.8. The Kier molecular flexibility index (Phi) is 6.91. The highest BCUT2D eigenvalue weighted by Gasteiger charge is 2.16. The summed E-state index contributed by atoms with van der Waals surface area (Å²) >= 11 is 0. The molecule has 2 aromatic rings. The first-order valence-electron chi connectivity index (χ1n) is 8.04. The predicted octanol–water partition coefficient (Wildman–Crippen LogP) is 1.78. The van der Waals surface area contributed by atoms with Gasteiger partial charge in [0.15, 0.2) is 6.61 Å². The van der Waals surface area contributed by atoms with Crippen molar-refractivity contribution in [1.82, 2.24) is 10.0 Å². The van der Waals surface area contributed by atoms with Gasteiger partial charge in [-0.25, -0.2) is 17.9 Å². The summed E-state index contributed by atoms with van der Waals surface area (Å²) in [5, 5.41) is 2.63. The Morgan fingerprint density at radius 3 is 2.56 bits per heavy atom. The molecule has 1 amide bonds. The Labute approximate surface area is 157 Å². The van der Waals surface area contributed by atoms with Gasteiger partial charge >= 0.3 is 5.97 Å². The van der Waals surface area contributed by atoms with Gasteiger partial charge in [-0.15, -0.1) is 6.58 Å². The highest BCUT2D eigenvalue weighted by atomic mass is 32.2. The van der Waals surface area contributed by atoms with Crippen LogP contribution in [0.5, 0.6) is 0 Å². The van der Waals surface area contributed by atoms with Crippen molar-refractivity contribution in [3.63, 3.8) is 0 Å². The Hall–Kier alpha value is -2.91. The molecule has 0 aliphatic carbocycles. The summed E-state index contributed by atoms with van der Waals surface area (Å²) in [6.45, 7) is 4.80. The van der Waals surface area contributed by atoms with Crippen LogP contribution in [0.25, 0.3) is 0 Å². The second-order valence-electron chi connectivity index (χ2n) is 5.55. The number of amides is 1. The second-order valence-corrected chi connectivity index (χ2v) is 7.31. The fourth-order valence-corrected chi connectivity index (χ4v) is 3.13. The predicted molar refractivity (Wildman–Crippen MR) is 97.4 cm³/mol. The number of ether oxygens (including phenoxy) is 1. The topological polar surface area (TPSA) is 115 Å². The van der Waals surface area contributed by atoms with Crippen molar-refractivity contribution in [2.75, 3.05) is 13.2 Å². The lowest BCUT2D eigenvalue weighted by Gasteiger charge is -2.11. The number of carbonyl (C=O) groups excluding carboxylic acids is 2. The van der Waals surface area contributed by atoms with E-state index in [-0.39, 0.29) is 23.0 Å². The van der Waals surface area contributed by atoms with Gasteiger partial charge in [-0.3, -0.25) is 4.79 Å². The number of benzene rings is 1. The van der Waals surface area contributed by atoms with E-state index in [1.807, 2.05) is 0 Å². The SMILES string of the molecule is C=CCNS(=O)(=O)c1ccc(C(=O)OCC(=O)N[C@@H](C)c2ccco2)cc1. The normalized spacial score (nSPS) is 12.2. The summed E-state index contributed by atoms with van der Waals surface area (Å²) in [5.41, 5.74) is 0.129. The average molecular weight is 392 g/mol. The minimum Gasteiger partial charge on any atom is -0.467 e. The van der Waals surface area contributed by atoms with Gasteiger partial charge in [-0.2, -0.15) is 0 Å². The van der Waals surface area contributed by atoms with Gasteiger partial charge in [0, 0.05) is 6.54 Å². The van der Waals surface area contributed by atoms with Crippen molar-refractivity contribution >= 4 is 21.9 Å². The highest BCUT2D eigenvalue weighted by Crippen LogP contribution is 2.13. The van der Waals surface area contributed by atoms with E-state index < -0.39 is 28.5 Å². The molecule has 8 nitrogen and oxygen atoms in total. The highest BCUT2D eigenvalue weighted by molar-refractivity contribution is 7.89. The molecule has 0 fully saturated rings. The summed E-state index contributed by atoms with van der Waals surface area (Å²) in [6, 6.07) is 8.24. The first kappa shape index (κ1) is 20.4. The van der Waals surface area contributed by atoms with Crippen LogP contribution < -0.4 is 10.0 Å². The molecular weight excluding hydrogens is 372 g/mol. The molecule has 2 N–H and O–H groups in total. The van der Waals surface area contributed by atoms with E-state index in [1.54, 1.807) is 19.1 Å². The minimum atomic E-state index is -3.67. The molecular formula is C18H20N2O6S. The third kappa shape index (κ3) is 5.80. The number of furan rings is 1. The lowest BCUT2D eigenvalue weighted by Crippen LogP contribution is -2.31. The maximum Gasteiger partial charge on any atom is 0.338 e. The molecule has 144 valence electrons. The molecule has 9 heteroatoms. The molecule has 0 bridgehead atoms. The standard InChI is InChI=1S/C18H20N2O6S/c1-3-10-19-27(23,24)15-8-6-14(7-9-15)18(22)26-12-17(21)20-13(2)16-5-4-11-25-16/h3-9,11,13,19H,1,10,12H2,2H3,(H,20,21)/t13-/m0/s1. The van der Waals surface area contributed by atoms with E-state index in [4.69, 9.17) is 9.15 Å². The quantitative estimate of drug-likeness (QED) is 0.497. The van der Waals surface area contributed by atoms with Crippen LogP contribution >= 0.6 is 0 Å². The maximum atomic E-state index is 12.0. The first-order valence-corrected chi connectivity index (χ1v) is 9.52. The molecule has 27 heavy (non-hydrogen) atoms. The van der Waals surface area contributed by atoms with Crippen molar-refractivity contribution in [2.45, 2.75) is 17.9 Å². The van der Waals surface area contributed by atoms with E-state index in [9.17, 15) is 18.0 Å². The Morgan fingerprint density at radius 2 is 1.96 bits per heavy atom. The third-order valence-electron chi connectivity index (χ3n) is 3.50. The zero-order valence-corrected chi connectivity index (χ0v) is 15.5. The van der Waals surface area contributed by atoms with Crippen LogP contribution in [-0.2, 0) is 19.6 Å². The summed E-state index contributed by atoms with van der Waals surface area (Å²) in [6.07, 6.45) is 2.91. The maximum absolute atomic E-state index is 12.0. The van der Waals surface area contributed by atoms with Crippen molar-refractivity contribution in [3.8, 4) is 0 Å². The third-order valence-corrected chi connectivity index (χ3v) is 4.94. The zero-order chi connectivity index (χ0) is 19.9. The Morgan fingerprint density at radius 1 is 1.26 bits per heavy atom. The molecule has 0 spiro atoms. The van der Waals surface area contributed by atoms with Gasteiger partial charge in [-0.1, -0.05) is 6.08 Å². The van der Waals surface area contributed by atoms with E-state index in [2.05, 4.69) is 16.6 Å². The number of carbonyl (C=O) groups is 2. The number of rotatable bonds is 9. The summed E-state index contributed by atoms with van der Waals surface area (Å²) in [7, 11) is -3.67. The van der Waals surface area contributed by atoms with E-state index in [1.165, 1.54) is 36.6 Å². The molecule has 0 radical (unpaired) electrons. The monoisotopic (exact) mass is 392 g/mol. The fraction of sp³-hybridized carbons (Fsp3) is 0.222. The molecule has 0 aliphatic heterocycles. The number of esters is 1. The number of hydrogen-bond donors (Lipinski definition) is 2. The van der Waals surface area contributed by atoms with Crippen LogP contribution in [0.15, 0.2) is 64.6 Å². The van der Waals surface area contributed by atoms with Crippen LogP contribution in [0.1, 0.15) is 29.1 Å². The van der Waals surface area contributed by atoms with Crippen LogP contribution in [0, 0.1) is 0 Å². The van der Waals surface area contributed by atoms with Gasteiger partial charge in [0.25, 0.3) is 5.91 Å². The zero-order valence-electron chi connectivity index (χ0n) is 14.7. The summed E-state index contributed by atoms with van der Waals surface area (Å²) in [5.74, 6) is -0.643. The van der Waals surface area contributed by atoms with Crippen molar-refractivity contribution < 1.29 is 27.2 Å². The molecule has 1 aromatic carbocycles. The van der Waals surface area contributed by atoms with Crippen LogP contribution in [0.4, 0.5) is 0 Å². The van der Waals surface area contributed by atoms with Gasteiger partial charge in [0.2, 0.25) is 10.0 Å². The smallest absolute Gasteiger partial charge is 0.338 e. The molecule has 0 saturated carbocycles. The molecule has 0 unspecified atom stereocenters. The Balaban J connectivity index is 1.88. The lowest BCUT2D eigenvalue weighted by molar-refractivity contribution is -0.125. The molecule has 2 rings (SSSR count). The van der Waals surface area contributed by atoms with Crippen molar-refractivity contribution in [3.05, 3.63) is 66.6 Å². The summed E-state index contributed by atoms with van der Waals surface area (Å²) < 4.78 is 36.3. The number of sulfonamides is 1. The number of hydrogen-bond acceptors (Lipinski definition) is 6. The van der Waals surface area contributed by atoms with Crippen LogP contribution in [-0.4, -0.2) is 33.4 Å².